The Bertz CT molecular complexity index is 431. The van der Waals surface area contributed by atoms with Crippen molar-refractivity contribution in [3.8, 4) is 5.75 Å². The van der Waals surface area contributed by atoms with E-state index in [4.69, 9.17) is 4.74 Å². The molecule has 2 N–H and O–H groups in total. The van der Waals surface area contributed by atoms with Crippen LogP contribution in [0.15, 0.2) is 24.3 Å². The summed E-state index contributed by atoms with van der Waals surface area (Å²) in [6, 6.07) is 8.08. The minimum Gasteiger partial charge on any atom is -0.497 e. The molecule has 0 radical (unpaired) electrons. The van der Waals surface area contributed by atoms with Crippen LogP contribution in [0.2, 0.25) is 0 Å². The Hall–Kier alpha value is -1.26. The second-order valence-electron chi connectivity index (χ2n) is 6.07. The molecule has 0 amide bonds. The molecule has 1 aliphatic carbocycles. The molecule has 0 heterocycles. The van der Waals surface area contributed by atoms with Crippen molar-refractivity contribution in [2.24, 2.45) is 5.92 Å². The van der Waals surface area contributed by atoms with Crippen LogP contribution in [0.5, 0.6) is 5.75 Å². The minimum absolute atomic E-state index is 0.176. The third-order valence-electron chi connectivity index (χ3n) is 4.40. The van der Waals surface area contributed by atoms with Gasteiger partial charge in [-0.2, -0.15) is 0 Å². The van der Waals surface area contributed by atoms with E-state index in [1.807, 2.05) is 12.1 Å². The fourth-order valence-corrected chi connectivity index (χ4v) is 2.93. The second kappa shape index (κ2) is 7.14. The molecule has 1 aromatic carbocycles. The number of rotatable bonds is 9. The fourth-order valence-electron chi connectivity index (χ4n) is 2.93. The normalized spacial score (nSPS) is 17.3. The van der Waals surface area contributed by atoms with E-state index in [0.29, 0.717) is 5.92 Å². The summed E-state index contributed by atoms with van der Waals surface area (Å²) >= 11 is 0. The number of aliphatic hydroxyl groups excluding tert-OH is 1. The van der Waals surface area contributed by atoms with Gasteiger partial charge in [-0.05, 0) is 56.0 Å². The second-order valence-corrected chi connectivity index (χ2v) is 6.07. The van der Waals surface area contributed by atoms with Crippen LogP contribution in [-0.4, -0.2) is 44.5 Å². The summed E-state index contributed by atoms with van der Waals surface area (Å²) < 4.78 is 5.20. The topological polar surface area (TPSA) is 44.7 Å². The first kappa shape index (κ1) is 16.1. The molecule has 1 fully saturated rings. The number of aliphatic hydroxyl groups is 1. The summed E-state index contributed by atoms with van der Waals surface area (Å²) in [6.07, 6.45) is 3.52. The van der Waals surface area contributed by atoms with Gasteiger partial charge in [0.25, 0.3) is 0 Å². The summed E-state index contributed by atoms with van der Waals surface area (Å²) in [7, 11) is 3.76. The van der Waals surface area contributed by atoms with Gasteiger partial charge in [-0.3, -0.25) is 0 Å². The zero-order valence-electron chi connectivity index (χ0n) is 13.4. The highest BCUT2D eigenvalue weighted by atomic mass is 16.5. The predicted octanol–water partition coefficient (Wildman–Crippen LogP) is 2.27. The first-order chi connectivity index (χ1) is 10.1. The molecular formula is C17H28N2O2. The highest BCUT2D eigenvalue weighted by Gasteiger charge is 2.45. The lowest BCUT2D eigenvalue weighted by Crippen LogP contribution is -2.57. The lowest BCUT2D eigenvalue weighted by Gasteiger charge is -2.38. The number of nitrogens with one attached hydrogen (secondary N) is 1. The molecule has 0 saturated heterocycles. The summed E-state index contributed by atoms with van der Waals surface area (Å²) in [4.78, 5) is 2.22. The molecule has 0 bridgehead atoms. The fraction of sp³-hybridized carbons (Fsp3) is 0.647. The van der Waals surface area contributed by atoms with Crippen LogP contribution in [0.3, 0.4) is 0 Å². The third-order valence-corrected chi connectivity index (χ3v) is 4.40. The average Bonchev–Trinajstić information content (AvgIpc) is 3.36. The lowest BCUT2D eigenvalue weighted by molar-refractivity contribution is 0.145. The Morgan fingerprint density at radius 2 is 2.00 bits per heavy atom. The van der Waals surface area contributed by atoms with Crippen molar-refractivity contribution < 1.29 is 9.84 Å². The molecule has 2 rings (SSSR count). The van der Waals surface area contributed by atoms with Crippen molar-refractivity contribution in [1.82, 2.24) is 5.32 Å². The van der Waals surface area contributed by atoms with Gasteiger partial charge in [0, 0.05) is 19.3 Å². The van der Waals surface area contributed by atoms with Crippen LogP contribution in [0.4, 0.5) is 5.69 Å². The summed E-state index contributed by atoms with van der Waals surface area (Å²) in [6.45, 7) is 4.13. The van der Waals surface area contributed by atoms with E-state index in [2.05, 4.69) is 36.3 Å². The van der Waals surface area contributed by atoms with Crippen molar-refractivity contribution in [1.29, 1.82) is 0 Å². The molecule has 1 unspecified atom stereocenters. The monoisotopic (exact) mass is 292 g/mol. The third kappa shape index (κ3) is 3.89. The number of benzene rings is 1. The molecule has 4 heteroatoms. The van der Waals surface area contributed by atoms with E-state index in [0.717, 1.165) is 30.9 Å². The van der Waals surface area contributed by atoms with Crippen molar-refractivity contribution in [3.63, 3.8) is 0 Å². The molecular weight excluding hydrogens is 264 g/mol. The van der Waals surface area contributed by atoms with Crippen LogP contribution in [-0.2, 0) is 0 Å². The first-order valence-electron chi connectivity index (χ1n) is 7.86. The highest BCUT2D eigenvalue weighted by molar-refractivity contribution is 5.49. The van der Waals surface area contributed by atoms with Gasteiger partial charge in [-0.1, -0.05) is 6.92 Å². The van der Waals surface area contributed by atoms with Gasteiger partial charge in [-0.15, -0.1) is 0 Å². The number of methoxy groups -OCH3 is 1. The van der Waals surface area contributed by atoms with Crippen LogP contribution >= 0.6 is 0 Å². The number of anilines is 1. The molecule has 1 atom stereocenters. The van der Waals surface area contributed by atoms with Crippen LogP contribution in [0.25, 0.3) is 0 Å². The Labute approximate surface area is 128 Å². The van der Waals surface area contributed by atoms with Gasteiger partial charge in [0.1, 0.15) is 5.75 Å². The molecule has 0 spiro atoms. The lowest BCUT2D eigenvalue weighted by atomic mass is 9.93. The van der Waals surface area contributed by atoms with Crippen LogP contribution < -0.4 is 15.0 Å². The maximum atomic E-state index is 9.98. The van der Waals surface area contributed by atoms with Crippen LogP contribution in [0, 0.1) is 5.92 Å². The maximum absolute atomic E-state index is 9.98. The van der Waals surface area contributed by atoms with Gasteiger partial charge in [0.2, 0.25) is 0 Å². The van der Waals surface area contributed by atoms with E-state index in [-0.39, 0.29) is 12.1 Å². The van der Waals surface area contributed by atoms with E-state index in [1.165, 1.54) is 12.8 Å². The van der Waals surface area contributed by atoms with Gasteiger partial charge in [0.05, 0.1) is 19.3 Å². The SMILES string of the molecule is CCCNC(CO)(CN(C)c1ccc(OC)cc1)C1CC1. The van der Waals surface area contributed by atoms with Gasteiger partial charge >= 0.3 is 0 Å². The molecule has 118 valence electrons. The smallest absolute Gasteiger partial charge is 0.119 e. The summed E-state index contributed by atoms with van der Waals surface area (Å²) in [5.74, 6) is 1.46. The van der Waals surface area contributed by atoms with E-state index in [9.17, 15) is 5.11 Å². The number of likely N-dealkylation sites (N-methyl/N-ethyl adjacent to an activating group) is 1. The minimum atomic E-state index is -0.176. The molecule has 0 aliphatic heterocycles. The first-order valence-corrected chi connectivity index (χ1v) is 7.86. The molecule has 1 saturated carbocycles. The van der Waals surface area contributed by atoms with E-state index in [1.54, 1.807) is 7.11 Å². The quantitative estimate of drug-likeness (QED) is 0.733. The zero-order chi connectivity index (χ0) is 15.3. The Balaban J connectivity index is 2.07. The van der Waals surface area contributed by atoms with Gasteiger partial charge < -0.3 is 20.1 Å². The van der Waals surface area contributed by atoms with Gasteiger partial charge in [0.15, 0.2) is 0 Å². The predicted molar refractivity (Wildman–Crippen MR) is 87.1 cm³/mol. The number of ether oxygens (including phenoxy) is 1. The number of hydrogen-bond acceptors (Lipinski definition) is 4. The van der Waals surface area contributed by atoms with E-state index < -0.39 is 0 Å². The summed E-state index contributed by atoms with van der Waals surface area (Å²) in [5, 5.41) is 13.6. The Morgan fingerprint density at radius 1 is 1.33 bits per heavy atom. The van der Waals surface area contributed by atoms with Crippen LogP contribution in [0.1, 0.15) is 26.2 Å². The number of hydrogen-bond donors (Lipinski definition) is 2. The van der Waals surface area contributed by atoms with Gasteiger partial charge in [-0.25, -0.2) is 0 Å². The van der Waals surface area contributed by atoms with Crippen molar-refractivity contribution in [3.05, 3.63) is 24.3 Å². The highest BCUT2D eigenvalue weighted by Crippen LogP contribution is 2.40. The average molecular weight is 292 g/mol. The molecule has 4 nitrogen and oxygen atoms in total. The standard InChI is InChI=1S/C17H28N2O2/c1-4-11-18-17(13-20,14-5-6-14)12-19(2)15-7-9-16(21-3)10-8-15/h7-10,14,18,20H,4-6,11-13H2,1-3H3. The molecule has 1 aromatic rings. The van der Waals surface area contributed by atoms with Crippen molar-refractivity contribution >= 4 is 5.69 Å². The summed E-state index contributed by atoms with van der Waals surface area (Å²) in [5.41, 5.74) is 0.970. The van der Waals surface area contributed by atoms with E-state index >= 15 is 0 Å². The Kier molecular flexibility index (Phi) is 5.48. The Morgan fingerprint density at radius 3 is 2.48 bits per heavy atom. The number of nitrogens with zero attached hydrogens (tertiary/aromatic N) is 1. The zero-order valence-corrected chi connectivity index (χ0v) is 13.4. The molecule has 21 heavy (non-hydrogen) atoms. The largest absolute Gasteiger partial charge is 0.497 e. The van der Waals surface area contributed by atoms with Crippen molar-refractivity contribution in [2.75, 3.05) is 38.8 Å². The maximum Gasteiger partial charge on any atom is 0.119 e. The molecule has 0 aromatic heterocycles. The molecule has 1 aliphatic rings. The van der Waals surface area contributed by atoms with Crippen molar-refractivity contribution in [2.45, 2.75) is 31.7 Å².